The maximum atomic E-state index is 11.6. The van der Waals surface area contributed by atoms with Crippen molar-refractivity contribution in [2.24, 2.45) is 5.92 Å². The van der Waals surface area contributed by atoms with E-state index in [1.54, 1.807) is 18.2 Å². The van der Waals surface area contributed by atoms with Crippen LogP contribution in [0.15, 0.2) is 29.2 Å². The molecule has 1 aliphatic heterocycles. The number of anilines is 1. The van der Waals surface area contributed by atoms with Crippen molar-refractivity contribution in [3.63, 3.8) is 0 Å². The Hall–Kier alpha value is -1.07. The van der Waals surface area contributed by atoms with E-state index in [1.807, 2.05) is 6.07 Å². The van der Waals surface area contributed by atoms with Gasteiger partial charge in [0.05, 0.1) is 4.90 Å². The molecule has 0 aromatic heterocycles. The minimum Gasteiger partial charge on any atom is -0.382 e. The maximum Gasteiger partial charge on any atom is 0.175 e. The van der Waals surface area contributed by atoms with Crippen LogP contribution in [0.1, 0.15) is 26.7 Å². The van der Waals surface area contributed by atoms with E-state index >= 15 is 0 Å². The molecule has 5 heteroatoms. The third-order valence-corrected chi connectivity index (χ3v) is 4.95. The van der Waals surface area contributed by atoms with E-state index in [0.29, 0.717) is 16.9 Å². The summed E-state index contributed by atoms with van der Waals surface area (Å²) >= 11 is 0. The van der Waals surface area contributed by atoms with Crippen molar-refractivity contribution in [1.82, 2.24) is 4.90 Å². The highest BCUT2D eigenvalue weighted by atomic mass is 32.2. The number of rotatable bonds is 5. The fraction of sp³-hybridized carbons (Fsp3) is 0.625. The smallest absolute Gasteiger partial charge is 0.175 e. The van der Waals surface area contributed by atoms with Crippen LogP contribution in [0, 0.1) is 5.92 Å². The van der Waals surface area contributed by atoms with Crippen LogP contribution in [0.5, 0.6) is 0 Å². The minimum absolute atomic E-state index is 0.379. The molecule has 0 atom stereocenters. The first kappa shape index (κ1) is 16.3. The summed E-state index contributed by atoms with van der Waals surface area (Å²) in [5.74, 6) is 0.709. The largest absolute Gasteiger partial charge is 0.382 e. The molecule has 1 fully saturated rings. The van der Waals surface area contributed by atoms with Crippen LogP contribution in [0.4, 0.5) is 5.69 Å². The lowest BCUT2D eigenvalue weighted by Gasteiger charge is -2.33. The summed E-state index contributed by atoms with van der Waals surface area (Å²) < 4.78 is 23.2. The Morgan fingerprint density at radius 1 is 1.29 bits per heavy atom. The van der Waals surface area contributed by atoms with Gasteiger partial charge in [0, 0.05) is 37.6 Å². The maximum absolute atomic E-state index is 11.6. The molecule has 0 saturated carbocycles. The zero-order valence-corrected chi connectivity index (χ0v) is 14.0. The van der Waals surface area contributed by atoms with E-state index in [1.165, 1.54) is 6.26 Å². The molecule has 0 amide bonds. The standard InChI is InChI=1S/C16H26N2O2S/c1-13(2)12-18-9-7-14(8-10-18)17-15-5-4-6-16(11-15)21(3,19)20/h4-6,11,13-14,17H,7-10,12H2,1-3H3. The monoisotopic (exact) mass is 310 g/mol. The quantitative estimate of drug-likeness (QED) is 0.908. The van der Waals surface area contributed by atoms with Gasteiger partial charge in [-0.15, -0.1) is 0 Å². The van der Waals surface area contributed by atoms with Gasteiger partial charge in [-0.3, -0.25) is 0 Å². The zero-order valence-electron chi connectivity index (χ0n) is 13.2. The Bertz CT molecular complexity index is 561. The number of hydrogen-bond donors (Lipinski definition) is 1. The van der Waals surface area contributed by atoms with E-state index in [-0.39, 0.29) is 0 Å². The van der Waals surface area contributed by atoms with Gasteiger partial charge in [0.25, 0.3) is 0 Å². The van der Waals surface area contributed by atoms with Gasteiger partial charge in [0.2, 0.25) is 0 Å². The van der Waals surface area contributed by atoms with Gasteiger partial charge in [-0.25, -0.2) is 8.42 Å². The van der Waals surface area contributed by atoms with Gasteiger partial charge in [0.1, 0.15) is 0 Å². The summed E-state index contributed by atoms with van der Waals surface area (Å²) in [5.41, 5.74) is 0.903. The highest BCUT2D eigenvalue weighted by Gasteiger charge is 2.19. The van der Waals surface area contributed by atoms with Crippen molar-refractivity contribution >= 4 is 15.5 Å². The van der Waals surface area contributed by atoms with Gasteiger partial charge >= 0.3 is 0 Å². The lowest BCUT2D eigenvalue weighted by molar-refractivity contribution is 0.198. The number of likely N-dealkylation sites (tertiary alicyclic amines) is 1. The average Bonchev–Trinajstić information content (AvgIpc) is 2.40. The molecule has 0 bridgehead atoms. The summed E-state index contributed by atoms with van der Waals surface area (Å²) in [6, 6.07) is 7.55. The molecule has 21 heavy (non-hydrogen) atoms. The van der Waals surface area contributed by atoms with Crippen LogP contribution in [0.2, 0.25) is 0 Å². The summed E-state index contributed by atoms with van der Waals surface area (Å²) in [7, 11) is -3.14. The van der Waals surface area contributed by atoms with E-state index in [2.05, 4.69) is 24.1 Å². The van der Waals surface area contributed by atoms with Crippen LogP contribution < -0.4 is 5.32 Å². The zero-order chi connectivity index (χ0) is 15.5. The lowest BCUT2D eigenvalue weighted by atomic mass is 10.0. The number of nitrogens with zero attached hydrogens (tertiary/aromatic N) is 1. The highest BCUT2D eigenvalue weighted by Crippen LogP contribution is 2.20. The molecule has 1 heterocycles. The van der Waals surface area contributed by atoms with Crippen molar-refractivity contribution in [3.05, 3.63) is 24.3 Å². The molecule has 1 N–H and O–H groups in total. The second-order valence-corrected chi connectivity index (χ2v) is 8.43. The molecule has 1 aliphatic rings. The SMILES string of the molecule is CC(C)CN1CCC(Nc2cccc(S(C)(=O)=O)c2)CC1. The van der Waals surface area contributed by atoms with E-state index in [0.717, 1.165) is 38.2 Å². The first-order valence-corrected chi connectivity index (χ1v) is 9.53. The molecule has 0 radical (unpaired) electrons. The normalized spacial score (nSPS) is 18.1. The molecule has 4 nitrogen and oxygen atoms in total. The number of hydrogen-bond acceptors (Lipinski definition) is 4. The molecule has 1 aromatic rings. The summed E-state index contributed by atoms with van der Waals surface area (Å²) in [4.78, 5) is 2.89. The second kappa shape index (κ2) is 6.79. The number of nitrogens with one attached hydrogen (secondary N) is 1. The van der Waals surface area contributed by atoms with E-state index in [4.69, 9.17) is 0 Å². The van der Waals surface area contributed by atoms with Gasteiger partial charge in [0.15, 0.2) is 9.84 Å². The van der Waals surface area contributed by atoms with Gasteiger partial charge in [-0.05, 0) is 37.0 Å². The Kier molecular flexibility index (Phi) is 5.27. The molecule has 1 aromatic carbocycles. The Balaban J connectivity index is 1.92. The molecule has 118 valence electrons. The lowest BCUT2D eigenvalue weighted by Crippen LogP contribution is -2.40. The van der Waals surface area contributed by atoms with Crippen molar-refractivity contribution in [2.75, 3.05) is 31.2 Å². The molecule has 2 rings (SSSR count). The Labute approximate surface area is 128 Å². The fourth-order valence-electron chi connectivity index (χ4n) is 2.83. The topological polar surface area (TPSA) is 49.4 Å². The van der Waals surface area contributed by atoms with Crippen molar-refractivity contribution < 1.29 is 8.42 Å². The minimum atomic E-state index is -3.14. The first-order chi connectivity index (χ1) is 9.84. The third-order valence-electron chi connectivity index (χ3n) is 3.84. The van der Waals surface area contributed by atoms with Crippen LogP contribution in [-0.4, -0.2) is 45.2 Å². The molecule has 0 unspecified atom stereocenters. The van der Waals surface area contributed by atoms with E-state index < -0.39 is 9.84 Å². The summed E-state index contributed by atoms with van der Waals surface area (Å²) in [6.07, 6.45) is 3.46. The summed E-state index contributed by atoms with van der Waals surface area (Å²) in [5, 5.41) is 3.48. The molecule has 0 aliphatic carbocycles. The Morgan fingerprint density at radius 2 is 1.95 bits per heavy atom. The van der Waals surface area contributed by atoms with E-state index in [9.17, 15) is 8.42 Å². The van der Waals surface area contributed by atoms with Crippen molar-refractivity contribution in [2.45, 2.75) is 37.6 Å². The number of benzene rings is 1. The summed E-state index contributed by atoms with van der Waals surface area (Å²) in [6.45, 7) is 7.89. The molecule has 0 spiro atoms. The van der Waals surface area contributed by atoms with Crippen LogP contribution in [0.3, 0.4) is 0 Å². The van der Waals surface area contributed by atoms with Crippen LogP contribution in [0.25, 0.3) is 0 Å². The predicted octanol–water partition coefficient (Wildman–Crippen LogP) is 2.62. The first-order valence-electron chi connectivity index (χ1n) is 7.63. The third kappa shape index (κ3) is 5.00. The average molecular weight is 310 g/mol. The molecular weight excluding hydrogens is 284 g/mol. The fourth-order valence-corrected chi connectivity index (χ4v) is 3.50. The molecular formula is C16H26N2O2S. The van der Waals surface area contributed by atoms with Gasteiger partial charge in [-0.1, -0.05) is 19.9 Å². The van der Waals surface area contributed by atoms with Gasteiger partial charge < -0.3 is 10.2 Å². The molecule has 1 saturated heterocycles. The van der Waals surface area contributed by atoms with Crippen molar-refractivity contribution in [3.8, 4) is 0 Å². The second-order valence-electron chi connectivity index (χ2n) is 6.41. The van der Waals surface area contributed by atoms with Crippen LogP contribution in [-0.2, 0) is 9.84 Å². The predicted molar refractivity (Wildman–Crippen MR) is 87.5 cm³/mol. The Morgan fingerprint density at radius 3 is 2.52 bits per heavy atom. The van der Waals surface area contributed by atoms with Crippen molar-refractivity contribution in [1.29, 1.82) is 0 Å². The number of sulfone groups is 1. The number of piperidine rings is 1. The van der Waals surface area contributed by atoms with Gasteiger partial charge in [-0.2, -0.15) is 0 Å². The highest BCUT2D eigenvalue weighted by molar-refractivity contribution is 7.90. The van der Waals surface area contributed by atoms with Crippen LogP contribution >= 0.6 is 0 Å².